The van der Waals surface area contributed by atoms with E-state index in [-0.39, 0.29) is 5.60 Å². The number of benzene rings is 4. The van der Waals surface area contributed by atoms with Gasteiger partial charge in [0.05, 0.1) is 0 Å². The molecule has 1 heteroatoms. The fourth-order valence-corrected chi connectivity index (χ4v) is 4.67. The summed E-state index contributed by atoms with van der Waals surface area (Å²) in [5.74, 6) is 0. The van der Waals surface area contributed by atoms with E-state index in [1.165, 1.54) is 27.5 Å². The van der Waals surface area contributed by atoms with Gasteiger partial charge in [-0.1, -0.05) is 110 Å². The smallest absolute Gasteiger partial charge is 0.153 e. The monoisotopic (exact) mass is 350 g/mol. The summed E-state index contributed by atoms with van der Waals surface area (Å²) in [5, 5.41) is 2.53. The summed E-state index contributed by atoms with van der Waals surface area (Å²) in [6, 6.07) is 36.5. The first-order valence-corrected chi connectivity index (χ1v) is 9.61. The summed E-state index contributed by atoms with van der Waals surface area (Å²) in [5.41, 5.74) is 2.89. The van der Waals surface area contributed by atoms with Gasteiger partial charge in [0.15, 0.2) is 5.60 Å². The zero-order chi connectivity index (χ0) is 18.3. The van der Waals surface area contributed by atoms with Gasteiger partial charge in [-0.05, 0) is 33.9 Å². The molecular formula is C26H22O. The third-order valence-corrected chi connectivity index (χ3v) is 5.94. The second-order valence-corrected chi connectivity index (χ2v) is 7.22. The molecule has 1 heterocycles. The summed E-state index contributed by atoms with van der Waals surface area (Å²) in [7, 11) is 0. The van der Waals surface area contributed by atoms with Crippen LogP contribution in [0.1, 0.15) is 30.0 Å². The van der Waals surface area contributed by atoms with Crippen molar-refractivity contribution >= 4 is 10.8 Å². The van der Waals surface area contributed by atoms with Gasteiger partial charge >= 0.3 is 0 Å². The van der Waals surface area contributed by atoms with Gasteiger partial charge in [-0.3, -0.25) is 0 Å². The molecular weight excluding hydrogens is 328 g/mol. The Bertz CT molecular complexity index is 1040. The Labute approximate surface area is 160 Å². The lowest BCUT2D eigenvalue weighted by molar-refractivity contribution is 0.274. The number of fused-ring (bicyclic) bond motifs is 1. The number of ether oxygens (including phenoxy) is 1. The van der Waals surface area contributed by atoms with Crippen LogP contribution in [0, 0.1) is 0 Å². The highest BCUT2D eigenvalue weighted by molar-refractivity contribution is 5.87. The van der Waals surface area contributed by atoms with Crippen molar-refractivity contribution in [2.75, 3.05) is 0 Å². The highest BCUT2D eigenvalue weighted by atomic mass is 16.6. The summed E-state index contributed by atoms with van der Waals surface area (Å²) >= 11 is 0. The van der Waals surface area contributed by atoms with E-state index in [9.17, 15) is 0 Å². The van der Waals surface area contributed by atoms with Gasteiger partial charge in [0.1, 0.15) is 5.60 Å². The maximum atomic E-state index is 6.81. The summed E-state index contributed by atoms with van der Waals surface area (Å²) in [6.07, 6.45) is 0.908. The minimum atomic E-state index is -0.450. The van der Waals surface area contributed by atoms with Crippen LogP contribution >= 0.6 is 0 Å². The van der Waals surface area contributed by atoms with Crippen LogP contribution in [-0.2, 0) is 15.9 Å². The molecule has 1 nitrogen and oxygen atoms in total. The second-order valence-electron chi connectivity index (χ2n) is 7.22. The van der Waals surface area contributed by atoms with Crippen LogP contribution in [0.15, 0.2) is 103 Å². The van der Waals surface area contributed by atoms with Gasteiger partial charge in [-0.2, -0.15) is 0 Å². The lowest BCUT2D eigenvalue weighted by Crippen LogP contribution is -2.23. The quantitative estimate of drug-likeness (QED) is 0.387. The predicted octanol–water partition coefficient (Wildman–Crippen LogP) is 6.42. The SMILES string of the molecule is CCC1(c2cccc3ccccc23)OC1(c1ccccc1)c1ccccc1. The van der Waals surface area contributed by atoms with Crippen molar-refractivity contribution in [1.29, 1.82) is 0 Å². The molecule has 0 aromatic heterocycles. The Kier molecular flexibility index (Phi) is 3.66. The second kappa shape index (κ2) is 6.07. The predicted molar refractivity (Wildman–Crippen MR) is 111 cm³/mol. The van der Waals surface area contributed by atoms with E-state index in [1.54, 1.807) is 0 Å². The fraction of sp³-hybridized carbons (Fsp3) is 0.154. The maximum absolute atomic E-state index is 6.81. The minimum absolute atomic E-state index is 0.365. The van der Waals surface area contributed by atoms with Gasteiger partial charge in [0, 0.05) is 0 Å². The zero-order valence-electron chi connectivity index (χ0n) is 15.4. The normalized spacial score (nSPS) is 20.5. The molecule has 0 spiro atoms. The van der Waals surface area contributed by atoms with Crippen LogP contribution in [0.25, 0.3) is 10.8 Å². The van der Waals surface area contributed by atoms with E-state index < -0.39 is 5.60 Å². The van der Waals surface area contributed by atoms with Crippen molar-refractivity contribution in [3.8, 4) is 0 Å². The number of hydrogen-bond acceptors (Lipinski definition) is 1. The van der Waals surface area contributed by atoms with Gasteiger partial charge in [-0.25, -0.2) is 0 Å². The van der Waals surface area contributed by atoms with Gasteiger partial charge in [0.2, 0.25) is 0 Å². The maximum Gasteiger partial charge on any atom is 0.153 e. The standard InChI is InChI=1S/C26H22O/c1-2-25(24-19-11-13-20-12-9-10-18-23(20)24)26(27-25,21-14-5-3-6-15-21)22-16-7-4-8-17-22/h3-19H,2H2,1H3. The van der Waals surface area contributed by atoms with Crippen molar-refractivity contribution in [2.45, 2.75) is 24.5 Å². The third-order valence-electron chi connectivity index (χ3n) is 5.94. The molecule has 1 aliphatic heterocycles. The molecule has 0 bridgehead atoms. The molecule has 0 radical (unpaired) electrons. The third kappa shape index (κ3) is 2.22. The van der Waals surface area contributed by atoms with E-state index in [1.807, 2.05) is 0 Å². The Morgan fingerprint density at radius 3 is 1.81 bits per heavy atom. The molecule has 132 valence electrons. The Morgan fingerprint density at radius 2 is 1.19 bits per heavy atom. The zero-order valence-corrected chi connectivity index (χ0v) is 15.4. The van der Waals surface area contributed by atoms with Crippen molar-refractivity contribution in [2.24, 2.45) is 0 Å². The lowest BCUT2D eigenvalue weighted by atomic mass is 9.75. The molecule has 4 aromatic rings. The molecule has 27 heavy (non-hydrogen) atoms. The topological polar surface area (TPSA) is 12.5 Å². The highest BCUT2D eigenvalue weighted by Gasteiger charge is 2.71. The first-order chi connectivity index (χ1) is 13.3. The summed E-state index contributed by atoms with van der Waals surface area (Å²) in [4.78, 5) is 0. The molecule has 0 N–H and O–H groups in total. The van der Waals surface area contributed by atoms with Crippen LogP contribution < -0.4 is 0 Å². The minimum Gasteiger partial charge on any atom is -0.347 e. The van der Waals surface area contributed by atoms with E-state index in [0.29, 0.717) is 0 Å². The van der Waals surface area contributed by atoms with Crippen LogP contribution in [0.3, 0.4) is 0 Å². The van der Waals surface area contributed by atoms with Crippen molar-refractivity contribution in [1.82, 2.24) is 0 Å². The molecule has 1 aliphatic rings. The Morgan fingerprint density at radius 1 is 0.630 bits per heavy atom. The average molecular weight is 350 g/mol. The Balaban J connectivity index is 1.79. The van der Waals surface area contributed by atoms with Crippen molar-refractivity contribution in [3.05, 3.63) is 120 Å². The fourth-order valence-electron chi connectivity index (χ4n) is 4.67. The van der Waals surface area contributed by atoms with Crippen LogP contribution in [-0.4, -0.2) is 0 Å². The first-order valence-electron chi connectivity index (χ1n) is 9.61. The van der Waals surface area contributed by atoms with Gasteiger partial charge in [-0.15, -0.1) is 0 Å². The van der Waals surface area contributed by atoms with E-state index >= 15 is 0 Å². The lowest BCUT2D eigenvalue weighted by Gasteiger charge is -2.22. The molecule has 4 aromatic carbocycles. The first kappa shape index (κ1) is 16.3. The number of epoxide rings is 1. The Hall–Kier alpha value is -2.90. The highest BCUT2D eigenvalue weighted by Crippen LogP contribution is 2.68. The van der Waals surface area contributed by atoms with Crippen molar-refractivity contribution < 1.29 is 4.74 Å². The molecule has 1 fully saturated rings. The van der Waals surface area contributed by atoms with Gasteiger partial charge < -0.3 is 4.74 Å². The van der Waals surface area contributed by atoms with Crippen LogP contribution in [0.2, 0.25) is 0 Å². The molecule has 0 saturated carbocycles. The van der Waals surface area contributed by atoms with E-state index in [0.717, 1.165) is 6.42 Å². The summed E-state index contributed by atoms with van der Waals surface area (Å²) in [6.45, 7) is 2.23. The molecule has 0 aliphatic carbocycles. The van der Waals surface area contributed by atoms with Crippen molar-refractivity contribution in [3.63, 3.8) is 0 Å². The number of hydrogen-bond donors (Lipinski definition) is 0. The van der Waals surface area contributed by atoms with E-state index in [4.69, 9.17) is 4.74 Å². The molecule has 1 unspecified atom stereocenters. The molecule has 5 rings (SSSR count). The molecule has 1 saturated heterocycles. The van der Waals surface area contributed by atoms with E-state index in [2.05, 4.69) is 110 Å². The molecule has 1 atom stereocenters. The van der Waals surface area contributed by atoms with Gasteiger partial charge in [0.25, 0.3) is 0 Å². The number of rotatable bonds is 4. The van der Waals surface area contributed by atoms with Crippen LogP contribution in [0.5, 0.6) is 0 Å². The average Bonchev–Trinajstić information content (AvgIpc) is 3.46. The molecule has 0 amide bonds. The largest absolute Gasteiger partial charge is 0.347 e. The van der Waals surface area contributed by atoms with Crippen LogP contribution in [0.4, 0.5) is 0 Å². The summed E-state index contributed by atoms with van der Waals surface area (Å²) < 4.78 is 6.81.